The van der Waals surface area contributed by atoms with Crippen LogP contribution in [-0.2, 0) is 4.74 Å². The van der Waals surface area contributed by atoms with Crippen LogP contribution in [0.1, 0.15) is 44.9 Å². The van der Waals surface area contributed by atoms with E-state index in [4.69, 9.17) is 4.74 Å². The molecular weight excluding hydrogens is 253 g/mol. The molecule has 1 aromatic carbocycles. The average molecular weight is 279 g/mol. The molecule has 0 aromatic heterocycles. The highest BCUT2D eigenvalue weighted by atomic mass is 19.1. The zero-order valence-electron chi connectivity index (χ0n) is 13.1. The molecule has 2 rings (SSSR count). The van der Waals surface area contributed by atoms with Gasteiger partial charge in [0.2, 0.25) is 0 Å². The normalized spacial score (nSPS) is 31.5. The first kappa shape index (κ1) is 15.5. The molecule has 112 valence electrons. The number of nitrogens with one attached hydrogen (secondary N) is 1. The molecule has 1 aliphatic heterocycles. The van der Waals surface area contributed by atoms with Crippen LogP contribution >= 0.6 is 0 Å². The predicted molar refractivity (Wildman–Crippen MR) is 80.2 cm³/mol. The van der Waals surface area contributed by atoms with E-state index < -0.39 is 0 Å². The maximum Gasteiger partial charge on any atom is 0.126 e. The van der Waals surface area contributed by atoms with E-state index in [1.54, 1.807) is 13.0 Å². The summed E-state index contributed by atoms with van der Waals surface area (Å²) in [5, 5.41) is 3.52. The van der Waals surface area contributed by atoms with E-state index in [9.17, 15) is 4.39 Å². The highest BCUT2D eigenvalue weighted by Crippen LogP contribution is 2.40. The lowest BCUT2D eigenvalue weighted by Gasteiger charge is -2.30. The summed E-state index contributed by atoms with van der Waals surface area (Å²) in [6, 6.07) is 5.72. The second-order valence-electron chi connectivity index (χ2n) is 6.03. The molecule has 5 unspecified atom stereocenters. The molecule has 1 N–H and O–H groups in total. The largest absolute Gasteiger partial charge is 0.375 e. The van der Waals surface area contributed by atoms with E-state index in [0.29, 0.717) is 17.4 Å². The molecule has 1 fully saturated rings. The molecule has 1 saturated heterocycles. The minimum absolute atomic E-state index is 0.127. The molecule has 1 aromatic rings. The zero-order valence-corrected chi connectivity index (χ0v) is 13.1. The molecule has 1 heterocycles. The van der Waals surface area contributed by atoms with E-state index in [2.05, 4.69) is 33.0 Å². The zero-order chi connectivity index (χ0) is 14.9. The van der Waals surface area contributed by atoms with Gasteiger partial charge in [-0.3, -0.25) is 0 Å². The summed E-state index contributed by atoms with van der Waals surface area (Å²) in [6.07, 6.45) is 0.444. The number of halogens is 1. The molecule has 2 nitrogen and oxygen atoms in total. The first-order chi connectivity index (χ1) is 9.45. The van der Waals surface area contributed by atoms with Crippen molar-refractivity contribution in [3.63, 3.8) is 0 Å². The minimum atomic E-state index is -0.127. The molecule has 0 bridgehead atoms. The molecule has 3 heteroatoms. The maximum atomic E-state index is 13.9. The molecular formula is C17H26FNO. The van der Waals surface area contributed by atoms with E-state index in [1.807, 2.05) is 12.1 Å². The molecule has 0 spiro atoms. The Morgan fingerprint density at radius 3 is 2.45 bits per heavy atom. The van der Waals surface area contributed by atoms with Gasteiger partial charge in [-0.1, -0.05) is 26.0 Å². The summed E-state index contributed by atoms with van der Waals surface area (Å²) in [5.74, 6) is 0.697. The second kappa shape index (κ2) is 6.23. The van der Waals surface area contributed by atoms with Crippen LogP contribution in [0.4, 0.5) is 4.39 Å². The van der Waals surface area contributed by atoms with E-state index in [1.165, 1.54) is 0 Å². The molecule has 0 amide bonds. The monoisotopic (exact) mass is 279 g/mol. The van der Waals surface area contributed by atoms with Crippen LogP contribution in [0.5, 0.6) is 0 Å². The Hall–Kier alpha value is -0.930. The Balaban J connectivity index is 2.33. The third kappa shape index (κ3) is 2.89. The SMILES string of the molecule is CCNC(c1ccc(C)c(F)c1)C1C(C)OC(C)C1C. The van der Waals surface area contributed by atoms with E-state index in [0.717, 1.165) is 12.1 Å². The standard InChI is InChI=1S/C17H26FNO/c1-6-19-17(14-8-7-10(2)15(18)9-14)16-11(3)12(4)20-13(16)5/h7-9,11-13,16-17,19H,6H2,1-5H3. The Kier molecular flexibility index (Phi) is 4.82. The Bertz CT molecular complexity index is 462. The number of hydrogen-bond acceptors (Lipinski definition) is 2. The van der Waals surface area contributed by atoms with Gasteiger partial charge in [-0.15, -0.1) is 0 Å². The Labute approximate surface area is 121 Å². The van der Waals surface area contributed by atoms with Gasteiger partial charge in [0.15, 0.2) is 0 Å². The minimum Gasteiger partial charge on any atom is -0.375 e. The summed E-state index contributed by atoms with van der Waals surface area (Å²) in [4.78, 5) is 0. The Morgan fingerprint density at radius 1 is 1.25 bits per heavy atom. The van der Waals surface area contributed by atoms with Crippen LogP contribution in [0.2, 0.25) is 0 Å². The highest BCUT2D eigenvalue weighted by molar-refractivity contribution is 5.27. The van der Waals surface area contributed by atoms with Crippen molar-refractivity contribution in [3.8, 4) is 0 Å². The summed E-state index contributed by atoms with van der Waals surface area (Å²) < 4.78 is 19.8. The number of rotatable bonds is 4. The van der Waals surface area contributed by atoms with Crippen LogP contribution in [0.15, 0.2) is 18.2 Å². The van der Waals surface area contributed by atoms with Crippen LogP contribution < -0.4 is 5.32 Å². The summed E-state index contributed by atoms with van der Waals surface area (Å²) in [6.45, 7) is 11.2. The quantitative estimate of drug-likeness (QED) is 0.904. The van der Waals surface area contributed by atoms with Gasteiger partial charge >= 0.3 is 0 Å². The number of benzene rings is 1. The number of hydrogen-bond donors (Lipinski definition) is 1. The molecule has 20 heavy (non-hydrogen) atoms. The van der Waals surface area contributed by atoms with E-state index >= 15 is 0 Å². The van der Waals surface area contributed by atoms with Gasteiger partial charge in [0.25, 0.3) is 0 Å². The van der Waals surface area contributed by atoms with Crippen LogP contribution in [0.3, 0.4) is 0 Å². The first-order valence-corrected chi connectivity index (χ1v) is 7.60. The van der Waals surface area contributed by atoms with Gasteiger partial charge in [-0.25, -0.2) is 4.39 Å². The van der Waals surface area contributed by atoms with Crippen LogP contribution in [0.25, 0.3) is 0 Å². The predicted octanol–water partition coefficient (Wildman–Crippen LogP) is 3.84. The van der Waals surface area contributed by atoms with Crippen LogP contribution in [-0.4, -0.2) is 18.8 Å². The summed E-state index contributed by atoms with van der Waals surface area (Å²) in [5.41, 5.74) is 1.72. The fourth-order valence-electron chi connectivity index (χ4n) is 3.37. The Morgan fingerprint density at radius 2 is 1.95 bits per heavy atom. The molecule has 0 saturated carbocycles. The van der Waals surface area contributed by atoms with Crippen molar-refractivity contribution in [3.05, 3.63) is 35.1 Å². The van der Waals surface area contributed by atoms with Crippen molar-refractivity contribution in [1.29, 1.82) is 0 Å². The van der Waals surface area contributed by atoms with Crippen molar-refractivity contribution >= 4 is 0 Å². The molecule has 0 radical (unpaired) electrons. The summed E-state index contributed by atoms with van der Waals surface area (Å²) in [7, 11) is 0. The van der Waals surface area contributed by atoms with Gasteiger partial charge in [-0.05, 0) is 50.4 Å². The van der Waals surface area contributed by atoms with Gasteiger partial charge < -0.3 is 10.1 Å². The lowest BCUT2D eigenvalue weighted by Crippen LogP contribution is -2.35. The van der Waals surface area contributed by atoms with Crippen LogP contribution in [0, 0.1) is 24.6 Å². The van der Waals surface area contributed by atoms with Gasteiger partial charge in [0.05, 0.1) is 12.2 Å². The second-order valence-corrected chi connectivity index (χ2v) is 6.03. The number of aryl methyl sites for hydroxylation is 1. The lowest BCUT2D eigenvalue weighted by atomic mass is 9.80. The van der Waals surface area contributed by atoms with Crippen molar-refractivity contribution < 1.29 is 9.13 Å². The third-order valence-corrected chi connectivity index (χ3v) is 4.68. The number of ether oxygens (including phenoxy) is 1. The van der Waals surface area contributed by atoms with Gasteiger partial charge in [0, 0.05) is 12.0 Å². The molecule has 5 atom stereocenters. The smallest absolute Gasteiger partial charge is 0.126 e. The van der Waals surface area contributed by atoms with Crippen molar-refractivity contribution in [1.82, 2.24) is 5.32 Å². The average Bonchev–Trinajstić information content (AvgIpc) is 2.65. The molecule has 1 aliphatic rings. The third-order valence-electron chi connectivity index (χ3n) is 4.68. The summed E-state index contributed by atoms with van der Waals surface area (Å²) >= 11 is 0. The highest BCUT2D eigenvalue weighted by Gasteiger charge is 2.41. The topological polar surface area (TPSA) is 21.3 Å². The fourth-order valence-corrected chi connectivity index (χ4v) is 3.37. The first-order valence-electron chi connectivity index (χ1n) is 7.60. The van der Waals surface area contributed by atoms with Crippen molar-refractivity contribution in [2.24, 2.45) is 11.8 Å². The van der Waals surface area contributed by atoms with Gasteiger partial charge in [0.1, 0.15) is 5.82 Å². The van der Waals surface area contributed by atoms with E-state index in [-0.39, 0.29) is 24.1 Å². The molecule has 0 aliphatic carbocycles. The maximum absolute atomic E-state index is 13.9. The lowest BCUT2D eigenvalue weighted by molar-refractivity contribution is 0.0475. The van der Waals surface area contributed by atoms with Crippen molar-refractivity contribution in [2.45, 2.75) is 52.9 Å². The van der Waals surface area contributed by atoms with Crippen molar-refractivity contribution in [2.75, 3.05) is 6.54 Å². The fraction of sp³-hybridized carbons (Fsp3) is 0.647. The van der Waals surface area contributed by atoms with Gasteiger partial charge in [-0.2, -0.15) is 0 Å².